The largest absolute Gasteiger partial charge is 0.340 e. The molecule has 5 heteroatoms. The van der Waals surface area contributed by atoms with Gasteiger partial charge in [-0.15, -0.1) is 0 Å². The third-order valence-electron chi connectivity index (χ3n) is 3.80. The number of carbonyl (C=O) groups is 1. The van der Waals surface area contributed by atoms with Gasteiger partial charge in [0.2, 0.25) is 5.79 Å². The fourth-order valence-corrected chi connectivity index (χ4v) is 3.10. The van der Waals surface area contributed by atoms with Gasteiger partial charge in [0, 0.05) is 21.7 Å². The number of hydrogen-bond acceptors (Lipinski definition) is 3. The summed E-state index contributed by atoms with van der Waals surface area (Å²) in [7, 11) is 0. The Bertz CT molecular complexity index is 738. The van der Waals surface area contributed by atoms with Crippen LogP contribution in [0.4, 0.5) is 5.69 Å². The van der Waals surface area contributed by atoms with E-state index in [0.29, 0.717) is 35.1 Å². The molecule has 1 saturated heterocycles. The molecule has 0 bridgehead atoms. The van der Waals surface area contributed by atoms with Gasteiger partial charge in [0.05, 0.1) is 18.9 Å². The number of benzene rings is 2. The molecule has 1 amide bonds. The van der Waals surface area contributed by atoms with Gasteiger partial charge in [-0.2, -0.15) is 0 Å². The van der Waals surface area contributed by atoms with Crippen LogP contribution >= 0.6 is 11.6 Å². The molecule has 2 aromatic rings. The second-order valence-electron chi connectivity index (χ2n) is 5.00. The second-order valence-corrected chi connectivity index (χ2v) is 5.44. The second kappa shape index (κ2) is 4.56. The fourth-order valence-electron chi connectivity index (χ4n) is 2.92. The van der Waals surface area contributed by atoms with Crippen LogP contribution < -0.4 is 5.32 Å². The van der Waals surface area contributed by atoms with Crippen molar-refractivity contribution in [3.63, 3.8) is 0 Å². The van der Waals surface area contributed by atoms with Crippen molar-refractivity contribution >= 4 is 23.2 Å². The molecule has 4 rings (SSSR count). The zero-order valence-corrected chi connectivity index (χ0v) is 11.8. The first-order valence-corrected chi connectivity index (χ1v) is 7.07. The molecule has 0 unspecified atom stereocenters. The molecule has 21 heavy (non-hydrogen) atoms. The number of nitrogens with one attached hydrogen (secondary N) is 1. The summed E-state index contributed by atoms with van der Waals surface area (Å²) in [4.78, 5) is 12.4. The highest BCUT2D eigenvalue weighted by atomic mass is 35.5. The van der Waals surface area contributed by atoms with Crippen molar-refractivity contribution in [2.45, 2.75) is 5.79 Å². The highest BCUT2D eigenvalue weighted by molar-refractivity contribution is 6.30. The Balaban J connectivity index is 2.07. The van der Waals surface area contributed by atoms with Crippen molar-refractivity contribution in [3.8, 4) is 0 Å². The zero-order valence-electron chi connectivity index (χ0n) is 11.1. The van der Waals surface area contributed by atoms with Crippen LogP contribution in [0.25, 0.3) is 0 Å². The first-order chi connectivity index (χ1) is 10.2. The first-order valence-electron chi connectivity index (χ1n) is 6.69. The summed E-state index contributed by atoms with van der Waals surface area (Å²) >= 11 is 6.13. The standard InChI is InChI=1S/C16H12ClNO3/c17-10-5-6-14-13(9-10)16(20-7-8-21-16)12-4-2-1-3-11(12)15(19)18-14/h1-6,9H,7-8H2,(H,18,19). The van der Waals surface area contributed by atoms with E-state index in [1.165, 1.54) is 0 Å². The van der Waals surface area contributed by atoms with E-state index in [1.807, 2.05) is 18.2 Å². The van der Waals surface area contributed by atoms with E-state index in [2.05, 4.69) is 5.32 Å². The molecule has 0 saturated carbocycles. The summed E-state index contributed by atoms with van der Waals surface area (Å²) in [5.74, 6) is -1.25. The van der Waals surface area contributed by atoms with E-state index in [1.54, 1.807) is 24.3 Å². The van der Waals surface area contributed by atoms with Gasteiger partial charge >= 0.3 is 0 Å². The molecule has 2 aliphatic rings. The van der Waals surface area contributed by atoms with E-state index in [0.717, 1.165) is 5.56 Å². The number of anilines is 1. The van der Waals surface area contributed by atoms with Crippen LogP contribution in [0.15, 0.2) is 42.5 Å². The lowest BCUT2D eigenvalue weighted by Crippen LogP contribution is -2.29. The van der Waals surface area contributed by atoms with Crippen LogP contribution in [-0.2, 0) is 15.3 Å². The maximum absolute atomic E-state index is 12.4. The number of rotatable bonds is 0. The topological polar surface area (TPSA) is 47.6 Å². The third-order valence-corrected chi connectivity index (χ3v) is 4.04. The molecule has 0 aliphatic carbocycles. The van der Waals surface area contributed by atoms with Crippen molar-refractivity contribution in [1.82, 2.24) is 0 Å². The van der Waals surface area contributed by atoms with E-state index < -0.39 is 5.79 Å². The number of ether oxygens (including phenoxy) is 2. The van der Waals surface area contributed by atoms with Crippen LogP contribution in [0, 0.1) is 0 Å². The van der Waals surface area contributed by atoms with E-state index >= 15 is 0 Å². The number of halogens is 1. The number of carbonyl (C=O) groups excluding carboxylic acids is 1. The Labute approximate surface area is 126 Å². The predicted octanol–water partition coefficient (Wildman–Crippen LogP) is 3.15. The lowest BCUT2D eigenvalue weighted by Gasteiger charge is -2.29. The van der Waals surface area contributed by atoms with Crippen LogP contribution in [-0.4, -0.2) is 19.1 Å². The van der Waals surface area contributed by atoms with Crippen LogP contribution in [0.2, 0.25) is 5.02 Å². The molecule has 1 fully saturated rings. The van der Waals surface area contributed by atoms with E-state index in [-0.39, 0.29) is 5.91 Å². The number of fused-ring (bicyclic) bond motifs is 4. The molecule has 1 N–H and O–H groups in total. The minimum Gasteiger partial charge on any atom is -0.340 e. The molecule has 106 valence electrons. The van der Waals surface area contributed by atoms with Gasteiger partial charge in [0.15, 0.2) is 0 Å². The lowest BCUT2D eigenvalue weighted by molar-refractivity contribution is -0.129. The number of amides is 1. The average Bonchev–Trinajstić information content (AvgIpc) is 2.96. The van der Waals surface area contributed by atoms with Crippen molar-refractivity contribution in [2.24, 2.45) is 0 Å². The van der Waals surface area contributed by atoms with Gasteiger partial charge in [0.1, 0.15) is 0 Å². The van der Waals surface area contributed by atoms with Gasteiger partial charge in [-0.25, -0.2) is 0 Å². The molecule has 2 aromatic carbocycles. The third kappa shape index (κ3) is 1.80. The van der Waals surface area contributed by atoms with Crippen LogP contribution in [0.1, 0.15) is 21.5 Å². The summed E-state index contributed by atoms with van der Waals surface area (Å²) < 4.78 is 11.9. The summed E-state index contributed by atoms with van der Waals surface area (Å²) in [5.41, 5.74) is 2.64. The molecule has 0 radical (unpaired) electrons. The monoisotopic (exact) mass is 301 g/mol. The highest BCUT2D eigenvalue weighted by Crippen LogP contribution is 2.45. The van der Waals surface area contributed by atoms with Crippen LogP contribution in [0.3, 0.4) is 0 Å². The average molecular weight is 302 g/mol. The van der Waals surface area contributed by atoms with Gasteiger partial charge in [-0.3, -0.25) is 4.79 Å². The maximum atomic E-state index is 12.4. The maximum Gasteiger partial charge on any atom is 0.256 e. The molecular weight excluding hydrogens is 290 g/mol. The van der Waals surface area contributed by atoms with Crippen molar-refractivity contribution < 1.29 is 14.3 Å². The van der Waals surface area contributed by atoms with Gasteiger partial charge in [0.25, 0.3) is 5.91 Å². The quantitative estimate of drug-likeness (QED) is 0.813. The minimum absolute atomic E-state index is 0.176. The molecule has 0 atom stereocenters. The SMILES string of the molecule is O=C1Nc2ccc(Cl)cc2C2(OCCO2)c2ccccc21. The smallest absolute Gasteiger partial charge is 0.256 e. The van der Waals surface area contributed by atoms with Crippen molar-refractivity contribution in [3.05, 3.63) is 64.2 Å². The normalized spacial score (nSPS) is 18.8. The van der Waals surface area contributed by atoms with E-state index in [4.69, 9.17) is 21.1 Å². The molecule has 2 aliphatic heterocycles. The summed E-state index contributed by atoms with van der Waals surface area (Å²) in [6.45, 7) is 0.933. The Morgan fingerprint density at radius 1 is 1.05 bits per heavy atom. The minimum atomic E-state index is -1.07. The Morgan fingerprint density at radius 2 is 1.81 bits per heavy atom. The zero-order chi connectivity index (χ0) is 14.4. The molecule has 0 aromatic heterocycles. The van der Waals surface area contributed by atoms with Crippen molar-refractivity contribution in [1.29, 1.82) is 0 Å². The molecular formula is C16H12ClNO3. The number of hydrogen-bond donors (Lipinski definition) is 1. The Kier molecular flexibility index (Phi) is 2.79. The molecule has 1 spiro atoms. The first kappa shape index (κ1) is 12.8. The van der Waals surface area contributed by atoms with Crippen LogP contribution in [0.5, 0.6) is 0 Å². The van der Waals surface area contributed by atoms with Gasteiger partial charge in [-0.05, 0) is 24.3 Å². The summed E-state index contributed by atoms with van der Waals surface area (Å²) in [6, 6.07) is 12.6. The Hall–Kier alpha value is -1.88. The highest BCUT2D eigenvalue weighted by Gasteiger charge is 2.46. The fraction of sp³-hybridized carbons (Fsp3) is 0.188. The predicted molar refractivity (Wildman–Crippen MR) is 78.5 cm³/mol. The Morgan fingerprint density at radius 3 is 2.62 bits per heavy atom. The van der Waals surface area contributed by atoms with Crippen molar-refractivity contribution in [2.75, 3.05) is 18.5 Å². The van der Waals surface area contributed by atoms with Gasteiger partial charge < -0.3 is 14.8 Å². The molecule has 2 heterocycles. The summed E-state index contributed by atoms with van der Waals surface area (Å²) in [6.07, 6.45) is 0. The lowest BCUT2D eigenvalue weighted by atomic mass is 9.93. The molecule has 4 nitrogen and oxygen atoms in total. The van der Waals surface area contributed by atoms with E-state index in [9.17, 15) is 4.79 Å². The van der Waals surface area contributed by atoms with Gasteiger partial charge in [-0.1, -0.05) is 29.8 Å². The summed E-state index contributed by atoms with van der Waals surface area (Å²) in [5, 5.41) is 3.47.